The predicted octanol–water partition coefficient (Wildman–Crippen LogP) is 3.48. The zero-order valence-electron chi connectivity index (χ0n) is 7.38. The molecule has 2 rings (SSSR count). The molecule has 76 valence electrons. The Labute approximate surface area is 97.9 Å². The first-order chi connectivity index (χ1) is 7.16. The normalized spacial score (nSPS) is 10.2. The van der Waals surface area contributed by atoms with Gasteiger partial charge in [-0.2, -0.15) is 0 Å². The van der Waals surface area contributed by atoms with Gasteiger partial charge in [0, 0.05) is 17.7 Å². The third kappa shape index (κ3) is 2.21. The molecule has 0 unspecified atom stereocenters. The van der Waals surface area contributed by atoms with Crippen LogP contribution in [0.25, 0.3) is 10.6 Å². The Morgan fingerprint density at radius 2 is 2.00 bits per heavy atom. The third-order valence-electron chi connectivity index (χ3n) is 1.80. The molecule has 1 heterocycles. The lowest BCUT2D eigenvalue weighted by atomic mass is 10.2. The number of nitro groups is 1. The van der Waals surface area contributed by atoms with Crippen LogP contribution in [0.15, 0.2) is 34.2 Å². The molecule has 0 atom stereocenters. The second-order valence-corrected chi connectivity index (χ2v) is 5.18. The average Bonchev–Trinajstić information content (AvgIpc) is 2.65. The van der Waals surface area contributed by atoms with E-state index in [0.29, 0.717) is 0 Å². The van der Waals surface area contributed by atoms with E-state index in [2.05, 4.69) is 20.9 Å². The van der Waals surface area contributed by atoms with Crippen molar-refractivity contribution in [2.24, 2.45) is 0 Å². The molecule has 0 N–H and O–H groups in total. The number of halogens is 1. The Morgan fingerprint density at radius 3 is 2.47 bits per heavy atom. The van der Waals surface area contributed by atoms with Gasteiger partial charge >= 0.3 is 0 Å². The van der Waals surface area contributed by atoms with Crippen LogP contribution in [0.5, 0.6) is 0 Å². The Balaban J connectivity index is 2.35. The second kappa shape index (κ2) is 4.08. The molecule has 15 heavy (non-hydrogen) atoms. The monoisotopic (exact) mass is 284 g/mol. The number of non-ortho nitro benzene ring substituents is 1. The number of hydrogen-bond acceptors (Lipinski definition) is 4. The molecule has 0 saturated heterocycles. The number of aromatic nitrogens is 1. The molecule has 0 radical (unpaired) electrons. The maximum atomic E-state index is 10.4. The van der Waals surface area contributed by atoms with Gasteiger partial charge in [0.05, 0.1) is 14.9 Å². The van der Waals surface area contributed by atoms with Gasteiger partial charge < -0.3 is 0 Å². The molecule has 0 aliphatic rings. The Bertz CT molecular complexity index is 495. The topological polar surface area (TPSA) is 56.0 Å². The van der Waals surface area contributed by atoms with E-state index in [1.165, 1.54) is 23.5 Å². The number of nitrogens with zero attached hydrogens (tertiary/aromatic N) is 2. The van der Waals surface area contributed by atoms with Crippen LogP contribution in [-0.4, -0.2) is 9.91 Å². The molecule has 1 aromatic carbocycles. The van der Waals surface area contributed by atoms with Gasteiger partial charge in [-0.1, -0.05) is 0 Å². The van der Waals surface area contributed by atoms with Crippen LogP contribution in [0.3, 0.4) is 0 Å². The first-order valence-electron chi connectivity index (χ1n) is 4.03. The Hall–Kier alpha value is -1.27. The standard InChI is InChI=1S/C9H5BrN2O2S/c10-8-5-11-9(15-8)6-1-3-7(4-2-6)12(13)14/h1-5H. The van der Waals surface area contributed by atoms with E-state index in [1.807, 2.05) is 0 Å². The largest absolute Gasteiger partial charge is 0.269 e. The summed E-state index contributed by atoms with van der Waals surface area (Å²) >= 11 is 4.81. The van der Waals surface area contributed by atoms with Gasteiger partial charge in [0.2, 0.25) is 0 Å². The Kier molecular flexibility index (Phi) is 2.79. The first-order valence-corrected chi connectivity index (χ1v) is 5.64. The van der Waals surface area contributed by atoms with E-state index in [-0.39, 0.29) is 5.69 Å². The van der Waals surface area contributed by atoms with Gasteiger partial charge in [-0.15, -0.1) is 11.3 Å². The van der Waals surface area contributed by atoms with Gasteiger partial charge in [0.25, 0.3) is 5.69 Å². The Morgan fingerprint density at radius 1 is 1.33 bits per heavy atom. The van der Waals surface area contributed by atoms with E-state index >= 15 is 0 Å². The summed E-state index contributed by atoms with van der Waals surface area (Å²) in [4.78, 5) is 14.2. The average molecular weight is 285 g/mol. The van der Waals surface area contributed by atoms with Crippen molar-refractivity contribution in [1.82, 2.24) is 4.98 Å². The van der Waals surface area contributed by atoms with Gasteiger partial charge in [-0.05, 0) is 28.1 Å². The molecule has 0 spiro atoms. The van der Waals surface area contributed by atoms with E-state index in [0.717, 1.165) is 14.4 Å². The summed E-state index contributed by atoms with van der Waals surface area (Å²) in [6.45, 7) is 0. The van der Waals surface area contributed by atoms with E-state index in [1.54, 1.807) is 18.3 Å². The summed E-state index contributed by atoms with van der Waals surface area (Å²) in [6.07, 6.45) is 1.71. The van der Waals surface area contributed by atoms with Crippen LogP contribution in [0, 0.1) is 10.1 Å². The third-order valence-corrected chi connectivity index (χ3v) is 3.33. The predicted molar refractivity (Wildman–Crippen MR) is 61.9 cm³/mol. The molecule has 0 bridgehead atoms. The van der Waals surface area contributed by atoms with Crippen LogP contribution in [-0.2, 0) is 0 Å². The fourth-order valence-electron chi connectivity index (χ4n) is 1.11. The molecule has 0 aliphatic carbocycles. The van der Waals surface area contributed by atoms with Crippen LogP contribution in [0.1, 0.15) is 0 Å². The van der Waals surface area contributed by atoms with E-state index < -0.39 is 4.92 Å². The van der Waals surface area contributed by atoms with Gasteiger partial charge in [0.15, 0.2) is 0 Å². The van der Waals surface area contributed by atoms with Crippen molar-refractivity contribution in [3.63, 3.8) is 0 Å². The van der Waals surface area contributed by atoms with Gasteiger partial charge in [-0.3, -0.25) is 10.1 Å². The molecule has 0 aliphatic heterocycles. The van der Waals surface area contributed by atoms with Crippen molar-refractivity contribution in [2.75, 3.05) is 0 Å². The van der Waals surface area contributed by atoms with Crippen molar-refractivity contribution in [2.45, 2.75) is 0 Å². The van der Waals surface area contributed by atoms with Crippen molar-refractivity contribution in [3.8, 4) is 10.6 Å². The van der Waals surface area contributed by atoms with E-state index in [9.17, 15) is 10.1 Å². The number of hydrogen-bond donors (Lipinski definition) is 0. The van der Waals surface area contributed by atoms with Gasteiger partial charge in [-0.25, -0.2) is 4.98 Å². The van der Waals surface area contributed by atoms with Crippen molar-refractivity contribution in [3.05, 3.63) is 44.4 Å². The van der Waals surface area contributed by atoms with Crippen LogP contribution in [0.2, 0.25) is 0 Å². The first kappa shape index (κ1) is 10.3. The molecule has 6 heteroatoms. The zero-order valence-corrected chi connectivity index (χ0v) is 9.79. The highest BCUT2D eigenvalue weighted by Gasteiger charge is 2.07. The van der Waals surface area contributed by atoms with Gasteiger partial charge in [0.1, 0.15) is 5.01 Å². The fraction of sp³-hybridized carbons (Fsp3) is 0. The second-order valence-electron chi connectivity index (χ2n) is 2.77. The number of nitro benzene ring substituents is 1. The quantitative estimate of drug-likeness (QED) is 0.627. The molecule has 0 saturated carbocycles. The van der Waals surface area contributed by atoms with Crippen molar-refractivity contribution in [1.29, 1.82) is 0 Å². The lowest BCUT2D eigenvalue weighted by molar-refractivity contribution is -0.384. The summed E-state index contributed by atoms with van der Waals surface area (Å²) in [6, 6.07) is 6.35. The van der Waals surface area contributed by atoms with E-state index in [4.69, 9.17) is 0 Å². The molecule has 0 amide bonds. The minimum Gasteiger partial charge on any atom is -0.258 e. The minimum absolute atomic E-state index is 0.0920. The SMILES string of the molecule is O=[N+]([O-])c1ccc(-c2ncc(Br)s2)cc1. The summed E-state index contributed by atoms with van der Waals surface area (Å²) in [7, 11) is 0. The summed E-state index contributed by atoms with van der Waals surface area (Å²) < 4.78 is 0.941. The molecule has 0 fully saturated rings. The number of benzene rings is 1. The highest BCUT2D eigenvalue weighted by molar-refractivity contribution is 9.11. The summed E-state index contributed by atoms with van der Waals surface area (Å²) in [5, 5.41) is 11.3. The fourth-order valence-corrected chi connectivity index (χ4v) is 2.33. The molecular formula is C9H5BrN2O2S. The van der Waals surface area contributed by atoms with Crippen molar-refractivity contribution < 1.29 is 4.92 Å². The van der Waals surface area contributed by atoms with Crippen molar-refractivity contribution >= 4 is 33.0 Å². The summed E-state index contributed by atoms with van der Waals surface area (Å²) in [5.74, 6) is 0. The maximum Gasteiger partial charge on any atom is 0.269 e. The van der Waals surface area contributed by atoms with Crippen LogP contribution >= 0.6 is 27.3 Å². The zero-order chi connectivity index (χ0) is 10.8. The molecular weight excluding hydrogens is 280 g/mol. The number of thiazole rings is 1. The maximum absolute atomic E-state index is 10.4. The smallest absolute Gasteiger partial charge is 0.258 e. The minimum atomic E-state index is -0.415. The molecule has 1 aromatic heterocycles. The van der Waals surface area contributed by atoms with Crippen LogP contribution in [0.4, 0.5) is 5.69 Å². The molecule has 2 aromatic rings. The van der Waals surface area contributed by atoms with Crippen LogP contribution < -0.4 is 0 Å². The summed E-state index contributed by atoms with van der Waals surface area (Å²) in [5.41, 5.74) is 0.977. The lowest BCUT2D eigenvalue weighted by Crippen LogP contribution is -1.86. The lowest BCUT2D eigenvalue weighted by Gasteiger charge is -1.94. The number of rotatable bonds is 2. The highest BCUT2D eigenvalue weighted by atomic mass is 79.9. The molecule has 4 nitrogen and oxygen atoms in total. The highest BCUT2D eigenvalue weighted by Crippen LogP contribution is 2.29.